The topological polar surface area (TPSA) is 54.3 Å². The minimum absolute atomic E-state index is 0.0738. The highest BCUT2D eigenvalue weighted by Crippen LogP contribution is 2.32. The fourth-order valence-electron chi connectivity index (χ4n) is 2.79. The van der Waals surface area contributed by atoms with E-state index in [0.717, 1.165) is 21.9 Å². The molecule has 0 spiro atoms. The van der Waals surface area contributed by atoms with E-state index in [1.165, 1.54) is 11.1 Å². The van der Waals surface area contributed by atoms with E-state index in [1.807, 2.05) is 14.1 Å². The number of likely N-dealkylation sites (N-methyl/N-ethyl adjacent to an activating group) is 1. The zero-order chi connectivity index (χ0) is 18.1. The van der Waals surface area contributed by atoms with E-state index < -0.39 is 0 Å². The number of benzene rings is 1. The fraction of sp³-hybridized carbons (Fsp3) is 0.389. The normalized spacial score (nSPS) is 11.4. The van der Waals surface area contributed by atoms with Crippen molar-refractivity contribution >= 4 is 32.6 Å². The summed E-state index contributed by atoms with van der Waals surface area (Å²) in [6.45, 7) is 5.49. The summed E-state index contributed by atoms with van der Waals surface area (Å²) in [7, 11) is 5.78. The average Bonchev–Trinajstić information content (AvgIpc) is 3.13. The van der Waals surface area contributed by atoms with Crippen LogP contribution in [0.4, 0.5) is 5.13 Å². The molecular formula is C18H23N5OS. The largest absolute Gasteiger partial charge is 0.308 e. The molecule has 0 fully saturated rings. The van der Waals surface area contributed by atoms with Gasteiger partial charge in [0, 0.05) is 26.3 Å². The summed E-state index contributed by atoms with van der Waals surface area (Å²) in [6, 6.07) is 5.96. The molecular weight excluding hydrogens is 334 g/mol. The number of aromatic nitrogens is 3. The number of aryl methyl sites for hydroxylation is 3. The van der Waals surface area contributed by atoms with Gasteiger partial charge >= 0.3 is 0 Å². The number of anilines is 1. The Morgan fingerprint density at radius 1 is 1.24 bits per heavy atom. The van der Waals surface area contributed by atoms with Crippen LogP contribution in [0.25, 0.3) is 10.2 Å². The Balaban J connectivity index is 2.03. The van der Waals surface area contributed by atoms with Gasteiger partial charge in [-0.05, 0) is 51.2 Å². The molecule has 0 radical (unpaired) electrons. The third-order valence-corrected chi connectivity index (χ3v) is 5.33. The van der Waals surface area contributed by atoms with E-state index in [1.54, 1.807) is 40.2 Å². The summed E-state index contributed by atoms with van der Waals surface area (Å²) < 4.78 is 2.74. The lowest BCUT2D eigenvalue weighted by molar-refractivity contribution is 0.0976. The molecule has 6 nitrogen and oxygen atoms in total. The predicted molar refractivity (Wildman–Crippen MR) is 103 cm³/mol. The fourth-order valence-corrected chi connectivity index (χ4v) is 3.83. The standard InChI is InChI=1S/C18H23N5OS/c1-12-10-13(2)16-14(11-12)20-18(25-16)23(9-8-21(3)4)17(24)15-6-7-19-22(15)5/h6-7,10-11H,8-9H2,1-5H3. The van der Waals surface area contributed by atoms with Crippen molar-refractivity contribution in [1.29, 1.82) is 0 Å². The van der Waals surface area contributed by atoms with Crippen molar-refractivity contribution < 1.29 is 4.79 Å². The van der Waals surface area contributed by atoms with Gasteiger partial charge in [0.05, 0.1) is 10.2 Å². The number of carbonyl (C=O) groups is 1. The van der Waals surface area contributed by atoms with E-state index in [-0.39, 0.29) is 5.91 Å². The van der Waals surface area contributed by atoms with Crippen LogP contribution in [-0.4, -0.2) is 52.8 Å². The van der Waals surface area contributed by atoms with Crippen molar-refractivity contribution in [1.82, 2.24) is 19.7 Å². The van der Waals surface area contributed by atoms with Crippen LogP contribution in [0.3, 0.4) is 0 Å². The number of hydrogen-bond donors (Lipinski definition) is 0. The van der Waals surface area contributed by atoms with Gasteiger partial charge in [-0.15, -0.1) is 0 Å². The molecule has 0 bridgehead atoms. The summed E-state index contributed by atoms with van der Waals surface area (Å²) in [5.74, 6) is -0.0738. The van der Waals surface area contributed by atoms with Gasteiger partial charge in [0.15, 0.2) is 5.13 Å². The Morgan fingerprint density at radius 3 is 2.64 bits per heavy atom. The molecule has 2 heterocycles. The highest BCUT2D eigenvalue weighted by Gasteiger charge is 2.23. The van der Waals surface area contributed by atoms with Gasteiger partial charge in [0.25, 0.3) is 5.91 Å². The van der Waals surface area contributed by atoms with E-state index in [4.69, 9.17) is 4.98 Å². The third-order valence-electron chi connectivity index (χ3n) is 4.10. The van der Waals surface area contributed by atoms with Crippen LogP contribution in [0.5, 0.6) is 0 Å². The first-order valence-electron chi connectivity index (χ1n) is 8.19. The monoisotopic (exact) mass is 357 g/mol. The molecule has 132 valence electrons. The van der Waals surface area contributed by atoms with E-state index in [9.17, 15) is 4.79 Å². The molecule has 2 aromatic heterocycles. The number of carbonyl (C=O) groups excluding carboxylic acids is 1. The number of fused-ring (bicyclic) bond motifs is 1. The van der Waals surface area contributed by atoms with E-state index >= 15 is 0 Å². The number of rotatable bonds is 5. The zero-order valence-electron chi connectivity index (χ0n) is 15.3. The third kappa shape index (κ3) is 3.57. The summed E-state index contributed by atoms with van der Waals surface area (Å²) in [5.41, 5.74) is 3.88. The second kappa shape index (κ2) is 6.93. The highest BCUT2D eigenvalue weighted by molar-refractivity contribution is 7.22. The van der Waals surface area contributed by atoms with Crippen LogP contribution in [0.15, 0.2) is 24.4 Å². The van der Waals surface area contributed by atoms with Crippen LogP contribution >= 0.6 is 11.3 Å². The minimum Gasteiger partial charge on any atom is -0.308 e. The maximum Gasteiger partial charge on any atom is 0.278 e. The Labute approximate surface area is 151 Å². The summed E-state index contributed by atoms with van der Waals surface area (Å²) in [5, 5.41) is 4.85. The van der Waals surface area contributed by atoms with Crippen molar-refractivity contribution in [2.75, 3.05) is 32.1 Å². The Bertz CT molecular complexity index is 911. The number of nitrogens with zero attached hydrogens (tertiary/aromatic N) is 5. The molecule has 0 aliphatic heterocycles. The molecule has 1 aromatic carbocycles. The van der Waals surface area contributed by atoms with Crippen LogP contribution in [0, 0.1) is 13.8 Å². The predicted octanol–water partition coefficient (Wildman–Crippen LogP) is 2.86. The second-order valence-corrected chi connectivity index (χ2v) is 7.50. The molecule has 3 aromatic rings. The molecule has 0 saturated heterocycles. The van der Waals surface area contributed by atoms with Crippen LogP contribution in [-0.2, 0) is 7.05 Å². The zero-order valence-corrected chi connectivity index (χ0v) is 16.1. The van der Waals surface area contributed by atoms with Gasteiger partial charge in [-0.3, -0.25) is 14.4 Å². The minimum atomic E-state index is -0.0738. The van der Waals surface area contributed by atoms with Gasteiger partial charge in [-0.1, -0.05) is 17.4 Å². The van der Waals surface area contributed by atoms with Crippen molar-refractivity contribution in [3.05, 3.63) is 41.2 Å². The first-order valence-corrected chi connectivity index (χ1v) is 9.01. The SMILES string of the molecule is Cc1cc(C)c2sc(N(CCN(C)C)C(=O)c3ccnn3C)nc2c1. The first kappa shape index (κ1) is 17.6. The van der Waals surface area contributed by atoms with Crippen LogP contribution in [0.2, 0.25) is 0 Å². The lowest BCUT2D eigenvalue weighted by atomic mass is 10.1. The lowest BCUT2D eigenvalue weighted by Gasteiger charge is -2.21. The van der Waals surface area contributed by atoms with Crippen molar-refractivity contribution in [2.24, 2.45) is 7.05 Å². The summed E-state index contributed by atoms with van der Waals surface area (Å²) >= 11 is 1.57. The molecule has 25 heavy (non-hydrogen) atoms. The molecule has 0 unspecified atom stereocenters. The van der Waals surface area contributed by atoms with Crippen molar-refractivity contribution in [3.63, 3.8) is 0 Å². The van der Waals surface area contributed by atoms with Gasteiger partial charge in [-0.2, -0.15) is 5.10 Å². The molecule has 1 amide bonds. The Hall–Kier alpha value is -2.25. The molecule has 0 aliphatic carbocycles. The molecule has 7 heteroatoms. The van der Waals surface area contributed by atoms with Gasteiger partial charge < -0.3 is 4.90 Å². The smallest absolute Gasteiger partial charge is 0.278 e. The number of hydrogen-bond acceptors (Lipinski definition) is 5. The number of thiazole rings is 1. The van der Waals surface area contributed by atoms with E-state index in [2.05, 4.69) is 36.0 Å². The second-order valence-electron chi connectivity index (χ2n) is 6.53. The molecule has 3 rings (SSSR count). The number of amides is 1. The van der Waals surface area contributed by atoms with Crippen molar-refractivity contribution in [3.8, 4) is 0 Å². The quantitative estimate of drug-likeness (QED) is 0.705. The Kier molecular flexibility index (Phi) is 4.87. The lowest BCUT2D eigenvalue weighted by Crippen LogP contribution is -2.37. The maximum atomic E-state index is 13.1. The molecule has 0 aliphatic rings. The summed E-state index contributed by atoms with van der Waals surface area (Å²) in [6.07, 6.45) is 1.64. The van der Waals surface area contributed by atoms with Crippen LogP contribution < -0.4 is 4.90 Å². The average molecular weight is 357 g/mol. The van der Waals surface area contributed by atoms with Crippen LogP contribution in [0.1, 0.15) is 21.6 Å². The van der Waals surface area contributed by atoms with Gasteiger partial charge in [-0.25, -0.2) is 4.98 Å². The molecule has 0 atom stereocenters. The molecule has 0 saturated carbocycles. The first-order chi connectivity index (χ1) is 11.9. The maximum absolute atomic E-state index is 13.1. The Morgan fingerprint density at radius 2 is 2.00 bits per heavy atom. The van der Waals surface area contributed by atoms with Gasteiger partial charge in [0.2, 0.25) is 0 Å². The summed E-state index contributed by atoms with van der Waals surface area (Å²) in [4.78, 5) is 21.7. The van der Waals surface area contributed by atoms with Crippen molar-refractivity contribution in [2.45, 2.75) is 13.8 Å². The molecule has 0 N–H and O–H groups in total. The highest BCUT2D eigenvalue weighted by atomic mass is 32.1. The van der Waals surface area contributed by atoms with Gasteiger partial charge in [0.1, 0.15) is 5.69 Å². The van der Waals surface area contributed by atoms with E-state index in [0.29, 0.717) is 12.2 Å².